The third kappa shape index (κ3) is 2.52. The number of carbonyl (C=O) groups excluding carboxylic acids is 3. The average Bonchev–Trinajstić information content (AvgIpc) is 3.22. The summed E-state index contributed by atoms with van der Waals surface area (Å²) in [7, 11) is 0. The van der Waals surface area contributed by atoms with Crippen LogP contribution in [0, 0.1) is 0 Å². The maximum absolute atomic E-state index is 12.8. The van der Waals surface area contributed by atoms with E-state index < -0.39 is 10.8 Å². The lowest BCUT2D eigenvalue weighted by atomic mass is 10.1. The molecule has 132 valence electrons. The second kappa shape index (κ2) is 5.59. The zero-order valence-corrected chi connectivity index (χ0v) is 14.1. The Hall–Kier alpha value is -2.35. The standard InChI is InChI=1S/C16H16ClN3O5/c17-12(21)10-1-2-11-14(23)18(5-6-19(11)13(10)22)9-16(3-4-16)20-7-8-25-15(20)24/h1-2H,3-9H2. The van der Waals surface area contributed by atoms with Crippen LogP contribution in [-0.4, -0.2) is 63.4 Å². The smallest absolute Gasteiger partial charge is 0.410 e. The van der Waals surface area contributed by atoms with Gasteiger partial charge < -0.3 is 14.2 Å². The van der Waals surface area contributed by atoms with E-state index in [4.69, 9.17) is 16.3 Å². The number of pyridine rings is 1. The van der Waals surface area contributed by atoms with Crippen molar-refractivity contribution >= 4 is 28.8 Å². The van der Waals surface area contributed by atoms with Crippen LogP contribution in [-0.2, 0) is 11.3 Å². The van der Waals surface area contributed by atoms with Crippen LogP contribution >= 0.6 is 11.6 Å². The van der Waals surface area contributed by atoms with Gasteiger partial charge in [0.15, 0.2) is 0 Å². The molecule has 0 atom stereocenters. The summed E-state index contributed by atoms with van der Waals surface area (Å²) in [5, 5.41) is -0.834. The van der Waals surface area contributed by atoms with Gasteiger partial charge in [0.1, 0.15) is 12.3 Å². The maximum Gasteiger partial charge on any atom is 0.410 e. The lowest BCUT2D eigenvalue weighted by Crippen LogP contribution is -2.52. The van der Waals surface area contributed by atoms with E-state index in [-0.39, 0.29) is 28.8 Å². The largest absolute Gasteiger partial charge is 0.448 e. The predicted octanol–water partition coefficient (Wildman–Crippen LogP) is 0.668. The SMILES string of the molecule is O=C(Cl)c1ccc2n(c1=O)CCN(CC1(N3CCOC3=O)CC1)C2=O. The highest BCUT2D eigenvalue weighted by molar-refractivity contribution is 6.67. The molecule has 25 heavy (non-hydrogen) atoms. The minimum absolute atomic E-state index is 0.134. The molecule has 1 aromatic heterocycles. The quantitative estimate of drug-likeness (QED) is 0.732. The van der Waals surface area contributed by atoms with Crippen LogP contribution in [0.1, 0.15) is 33.7 Å². The molecule has 2 fully saturated rings. The molecule has 3 aliphatic rings. The van der Waals surface area contributed by atoms with Crippen molar-refractivity contribution in [1.82, 2.24) is 14.4 Å². The van der Waals surface area contributed by atoms with Gasteiger partial charge in [-0.3, -0.25) is 19.3 Å². The molecule has 1 aromatic rings. The Labute approximate surface area is 147 Å². The summed E-state index contributed by atoms with van der Waals surface area (Å²) in [6, 6.07) is 2.74. The molecule has 1 saturated carbocycles. The van der Waals surface area contributed by atoms with Crippen molar-refractivity contribution in [2.24, 2.45) is 0 Å². The van der Waals surface area contributed by atoms with Gasteiger partial charge in [-0.15, -0.1) is 0 Å². The molecule has 0 N–H and O–H groups in total. The minimum Gasteiger partial charge on any atom is -0.448 e. The summed E-state index contributed by atoms with van der Waals surface area (Å²) in [6.07, 6.45) is 1.33. The number of ether oxygens (including phenoxy) is 1. The van der Waals surface area contributed by atoms with Crippen molar-refractivity contribution < 1.29 is 19.1 Å². The molecular weight excluding hydrogens is 350 g/mol. The molecule has 2 amide bonds. The van der Waals surface area contributed by atoms with E-state index >= 15 is 0 Å². The lowest BCUT2D eigenvalue weighted by molar-refractivity contribution is 0.0621. The molecule has 0 aromatic carbocycles. The third-order valence-electron chi connectivity index (χ3n) is 5.13. The monoisotopic (exact) mass is 365 g/mol. The molecule has 1 aliphatic carbocycles. The molecule has 9 heteroatoms. The zero-order valence-electron chi connectivity index (χ0n) is 13.4. The summed E-state index contributed by atoms with van der Waals surface area (Å²) in [4.78, 5) is 51.5. The minimum atomic E-state index is -0.834. The maximum atomic E-state index is 12.8. The fourth-order valence-corrected chi connectivity index (χ4v) is 3.75. The molecule has 0 radical (unpaired) electrons. The van der Waals surface area contributed by atoms with Crippen LogP contribution < -0.4 is 5.56 Å². The Morgan fingerprint density at radius 3 is 2.52 bits per heavy atom. The first-order chi connectivity index (χ1) is 11.9. The topological polar surface area (TPSA) is 88.9 Å². The number of halogens is 1. The number of rotatable bonds is 4. The van der Waals surface area contributed by atoms with Gasteiger partial charge in [0.2, 0.25) is 0 Å². The summed E-state index contributed by atoms with van der Waals surface area (Å²) < 4.78 is 6.30. The first kappa shape index (κ1) is 16.1. The number of fused-ring (bicyclic) bond motifs is 1. The summed E-state index contributed by atoms with van der Waals surface area (Å²) in [5.41, 5.74) is -0.796. The normalized spacial score (nSPS) is 21.2. The van der Waals surface area contributed by atoms with Crippen molar-refractivity contribution in [3.8, 4) is 0 Å². The van der Waals surface area contributed by atoms with Crippen LogP contribution in [0.4, 0.5) is 4.79 Å². The van der Waals surface area contributed by atoms with Gasteiger partial charge in [0, 0.05) is 19.6 Å². The first-order valence-electron chi connectivity index (χ1n) is 8.10. The number of carbonyl (C=O) groups is 3. The Kier molecular flexibility index (Phi) is 3.61. The number of cyclic esters (lactones) is 1. The number of hydrogen-bond donors (Lipinski definition) is 0. The number of amides is 2. The zero-order chi connectivity index (χ0) is 17.8. The van der Waals surface area contributed by atoms with Crippen molar-refractivity contribution in [3.63, 3.8) is 0 Å². The molecule has 1 saturated heterocycles. The van der Waals surface area contributed by atoms with Crippen LogP contribution in [0.2, 0.25) is 0 Å². The van der Waals surface area contributed by atoms with Gasteiger partial charge in [-0.1, -0.05) is 0 Å². The Bertz CT molecular complexity index is 845. The van der Waals surface area contributed by atoms with Gasteiger partial charge in [-0.05, 0) is 36.6 Å². The summed E-state index contributed by atoms with van der Waals surface area (Å²) in [6.45, 7) is 1.97. The van der Waals surface area contributed by atoms with E-state index in [1.165, 1.54) is 16.7 Å². The van der Waals surface area contributed by atoms with Gasteiger partial charge in [0.25, 0.3) is 16.7 Å². The second-order valence-corrected chi connectivity index (χ2v) is 6.92. The molecule has 2 aliphatic heterocycles. The van der Waals surface area contributed by atoms with Crippen LogP contribution in [0.5, 0.6) is 0 Å². The van der Waals surface area contributed by atoms with E-state index in [0.717, 1.165) is 12.8 Å². The van der Waals surface area contributed by atoms with Gasteiger partial charge >= 0.3 is 6.09 Å². The average molecular weight is 366 g/mol. The van der Waals surface area contributed by atoms with E-state index in [1.807, 2.05) is 0 Å². The van der Waals surface area contributed by atoms with Crippen molar-refractivity contribution in [2.45, 2.75) is 24.9 Å². The number of hydrogen-bond acceptors (Lipinski definition) is 5. The molecule has 0 bridgehead atoms. The van der Waals surface area contributed by atoms with E-state index in [0.29, 0.717) is 32.8 Å². The van der Waals surface area contributed by atoms with E-state index in [1.54, 1.807) is 9.80 Å². The number of aromatic nitrogens is 1. The molecular formula is C16H16ClN3O5. The predicted molar refractivity (Wildman–Crippen MR) is 86.8 cm³/mol. The highest BCUT2D eigenvalue weighted by Gasteiger charge is 2.54. The molecule has 3 heterocycles. The highest BCUT2D eigenvalue weighted by Crippen LogP contribution is 2.44. The highest BCUT2D eigenvalue weighted by atomic mass is 35.5. The van der Waals surface area contributed by atoms with Gasteiger partial charge in [0.05, 0.1) is 17.6 Å². The first-order valence-corrected chi connectivity index (χ1v) is 8.48. The number of nitrogens with zero attached hydrogens (tertiary/aromatic N) is 3. The Morgan fingerprint density at radius 1 is 1.16 bits per heavy atom. The Morgan fingerprint density at radius 2 is 1.92 bits per heavy atom. The third-order valence-corrected chi connectivity index (χ3v) is 5.34. The fraction of sp³-hybridized carbons (Fsp3) is 0.500. The van der Waals surface area contributed by atoms with E-state index in [9.17, 15) is 19.2 Å². The summed E-state index contributed by atoms with van der Waals surface area (Å²) in [5.74, 6) is -0.282. The van der Waals surface area contributed by atoms with Crippen LogP contribution in [0.25, 0.3) is 0 Å². The Balaban J connectivity index is 1.58. The molecule has 8 nitrogen and oxygen atoms in total. The van der Waals surface area contributed by atoms with Gasteiger partial charge in [-0.2, -0.15) is 0 Å². The van der Waals surface area contributed by atoms with Crippen LogP contribution in [0.3, 0.4) is 0 Å². The molecule has 0 spiro atoms. The second-order valence-electron chi connectivity index (χ2n) is 6.58. The van der Waals surface area contributed by atoms with Crippen molar-refractivity contribution in [1.29, 1.82) is 0 Å². The van der Waals surface area contributed by atoms with Gasteiger partial charge in [-0.25, -0.2) is 4.79 Å². The van der Waals surface area contributed by atoms with E-state index in [2.05, 4.69) is 0 Å². The van der Waals surface area contributed by atoms with Crippen LogP contribution in [0.15, 0.2) is 16.9 Å². The fourth-order valence-electron chi connectivity index (χ4n) is 3.61. The lowest BCUT2D eigenvalue weighted by Gasteiger charge is -2.35. The molecule has 0 unspecified atom stereocenters. The van der Waals surface area contributed by atoms with Crippen molar-refractivity contribution in [3.05, 3.63) is 33.7 Å². The molecule has 4 rings (SSSR count). The summed E-state index contributed by atoms with van der Waals surface area (Å²) >= 11 is 5.40. The van der Waals surface area contributed by atoms with Crippen molar-refractivity contribution in [2.75, 3.05) is 26.2 Å².